The normalized spacial score (nSPS) is 15.9. The predicted molar refractivity (Wildman–Crippen MR) is 78.4 cm³/mol. The quantitative estimate of drug-likeness (QED) is 0.595. The molecule has 0 aromatic carbocycles. The highest BCUT2D eigenvalue weighted by molar-refractivity contribution is 8.00. The lowest BCUT2D eigenvalue weighted by Crippen LogP contribution is -2.40. The summed E-state index contributed by atoms with van der Waals surface area (Å²) in [7, 11) is 3.37. The van der Waals surface area contributed by atoms with Gasteiger partial charge in [-0.3, -0.25) is 4.79 Å². The molecule has 1 aliphatic rings. The monoisotopic (exact) mass is 288 g/mol. The first-order valence-corrected chi connectivity index (χ1v) is 7.68. The van der Waals surface area contributed by atoms with Crippen LogP contribution < -0.4 is 16.0 Å². The van der Waals surface area contributed by atoms with Gasteiger partial charge in [-0.05, 0) is 25.9 Å². The number of piperidine rings is 1. The van der Waals surface area contributed by atoms with E-state index in [0.29, 0.717) is 24.1 Å². The molecule has 3 N–H and O–H groups in total. The van der Waals surface area contributed by atoms with Crippen LogP contribution in [0, 0.1) is 0 Å². The van der Waals surface area contributed by atoms with Crippen molar-refractivity contribution < 1.29 is 9.59 Å². The first-order valence-electron chi connectivity index (χ1n) is 6.63. The molecule has 0 saturated carbocycles. The average Bonchev–Trinajstić information content (AvgIpc) is 2.42. The molecule has 3 amide bonds. The highest BCUT2D eigenvalue weighted by Crippen LogP contribution is 2.19. The fourth-order valence-electron chi connectivity index (χ4n) is 1.74. The van der Waals surface area contributed by atoms with Crippen LogP contribution in [0.4, 0.5) is 4.79 Å². The summed E-state index contributed by atoms with van der Waals surface area (Å²) < 4.78 is 0. The second-order valence-electron chi connectivity index (χ2n) is 4.74. The molecule has 0 unspecified atom stereocenters. The molecule has 110 valence electrons. The molecule has 0 aromatic rings. The molecular weight excluding hydrogens is 264 g/mol. The van der Waals surface area contributed by atoms with Gasteiger partial charge in [-0.25, -0.2) is 4.79 Å². The number of nitrogens with one attached hydrogen (secondary N) is 3. The minimum absolute atomic E-state index is 0.0441. The van der Waals surface area contributed by atoms with Crippen LogP contribution in [-0.2, 0) is 4.79 Å². The van der Waals surface area contributed by atoms with E-state index in [0.717, 1.165) is 25.9 Å². The Hall–Kier alpha value is -0.950. The highest BCUT2D eigenvalue weighted by Gasteiger charge is 2.14. The Labute approximate surface area is 119 Å². The van der Waals surface area contributed by atoms with Gasteiger partial charge < -0.3 is 20.9 Å². The Bertz CT molecular complexity index is 293. The van der Waals surface area contributed by atoms with E-state index in [-0.39, 0.29) is 11.9 Å². The molecule has 6 nitrogen and oxygen atoms in total. The predicted octanol–water partition coefficient (Wildman–Crippen LogP) is -0.141. The molecule has 0 aliphatic carbocycles. The van der Waals surface area contributed by atoms with Crippen molar-refractivity contribution in [3.8, 4) is 0 Å². The number of amides is 3. The van der Waals surface area contributed by atoms with Gasteiger partial charge in [-0.2, -0.15) is 0 Å². The summed E-state index contributed by atoms with van der Waals surface area (Å²) in [6, 6.07) is -0.140. The smallest absolute Gasteiger partial charge is 0.316 e. The minimum Gasteiger partial charge on any atom is -0.354 e. The van der Waals surface area contributed by atoms with E-state index < -0.39 is 0 Å². The van der Waals surface area contributed by atoms with Gasteiger partial charge in [0.05, 0.1) is 5.75 Å². The fourth-order valence-corrected chi connectivity index (χ4v) is 2.79. The zero-order valence-corrected chi connectivity index (χ0v) is 12.5. The van der Waals surface area contributed by atoms with Gasteiger partial charge in [0.1, 0.15) is 0 Å². The van der Waals surface area contributed by atoms with Gasteiger partial charge >= 0.3 is 6.03 Å². The third-order valence-electron chi connectivity index (χ3n) is 2.87. The molecular formula is C12H24N4O2S. The lowest BCUT2D eigenvalue weighted by atomic mass is 10.2. The van der Waals surface area contributed by atoms with E-state index in [4.69, 9.17) is 0 Å². The molecule has 19 heavy (non-hydrogen) atoms. The maximum atomic E-state index is 11.6. The van der Waals surface area contributed by atoms with E-state index in [1.165, 1.54) is 4.90 Å². The van der Waals surface area contributed by atoms with E-state index in [9.17, 15) is 9.59 Å². The second kappa shape index (κ2) is 9.03. The fraction of sp³-hybridized carbons (Fsp3) is 0.833. The number of hydrogen-bond donors (Lipinski definition) is 3. The molecule has 7 heteroatoms. The Morgan fingerprint density at radius 2 is 1.84 bits per heavy atom. The zero-order valence-electron chi connectivity index (χ0n) is 11.7. The van der Waals surface area contributed by atoms with Crippen LogP contribution in [0.15, 0.2) is 0 Å². The third kappa shape index (κ3) is 7.27. The number of carbonyl (C=O) groups is 2. The van der Waals surface area contributed by atoms with Gasteiger partial charge in [-0.1, -0.05) is 0 Å². The van der Waals surface area contributed by atoms with Gasteiger partial charge in [0.15, 0.2) is 0 Å². The van der Waals surface area contributed by atoms with Crippen molar-refractivity contribution in [1.82, 2.24) is 20.9 Å². The van der Waals surface area contributed by atoms with Crippen LogP contribution in [-0.4, -0.2) is 68.1 Å². The first-order chi connectivity index (χ1) is 9.09. The summed E-state index contributed by atoms with van der Waals surface area (Å²) in [5, 5.41) is 9.41. The third-order valence-corrected chi connectivity index (χ3v) is 4.24. The number of carbonyl (C=O) groups excluding carboxylic acids is 2. The van der Waals surface area contributed by atoms with Crippen LogP contribution in [0.3, 0.4) is 0 Å². The molecule has 0 radical (unpaired) electrons. The van der Waals surface area contributed by atoms with Crippen molar-refractivity contribution in [2.45, 2.75) is 18.1 Å². The Morgan fingerprint density at radius 1 is 1.21 bits per heavy atom. The number of rotatable bonds is 6. The molecule has 1 heterocycles. The van der Waals surface area contributed by atoms with Gasteiger partial charge in [0.25, 0.3) is 0 Å². The Kier molecular flexibility index (Phi) is 7.66. The number of nitrogens with zero attached hydrogens (tertiary/aromatic N) is 1. The van der Waals surface area contributed by atoms with Crippen molar-refractivity contribution in [2.75, 3.05) is 46.0 Å². The van der Waals surface area contributed by atoms with E-state index in [2.05, 4.69) is 16.0 Å². The van der Waals surface area contributed by atoms with Crippen LogP contribution >= 0.6 is 11.8 Å². The van der Waals surface area contributed by atoms with Crippen LogP contribution in [0.2, 0.25) is 0 Å². The molecule has 0 spiro atoms. The molecule has 1 aliphatic heterocycles. The maximum absolute atomic E-state index is 11.6. The Balaban J connectivity index is 2.00. The minimum atomic E-state index is -0.140. The summed E-state index contributed by atoms with van der Waals surface area (Å²) in [5.74, 6) is 0.550. The first kappa shape index (κ1) is 16.1. The molecule has 0 atom stereocenters. The Morgan fingerprint density at radius 3 is 2.47 bits per heavy atom. The van der Waals surface area contributed by atoms with Gasteiger partial charge in [0.2, 0.25) is 5.91 Å². The largest absolute Gasteiger partial charge is 0.354 e. The summed E-state index contributed by atoms with van der Waals surface area (Å²) in [4.78, 5) is 24.3. The molecule has 0 bridgehead atoms. The SMILES string of the molecule is CN(C)C(=O)NCCNC(=O)CSC1CCNCC1. The maximum Gasteiger partial charge on any atom is 0.316 e. The standard InChI is InChI=1S/C12H24N4O2S/c1-16(2)12(18)15-8-7-14-11(17)9-19-10-3-5-13-6-4-10/h10,13H,3-9H2,1-2H3,(H,14,17)(H,15,18). The lowest BCUT2D eigenvalue weighted by Gasteiger charge is -2.21. The summed E-state index contributed by atoms with van der Waals surface area (Å²) >= 11 is 1.73. The summed E-state index contributed by atoms with van der Waals surface area (Å²) in [6.07, 6.45) is 2.27. The van der Waals surface area contributed by atoms with Gasteiger partial charge in [0, 0.05) is 32.4 Å². The zero-order chi connectivity index (χ0) is 14.1. The average molecular weight is 288 g/mol. The number of thioether (sulfide) groups is 1. The highest BCUT2D eigenvalue weighted by atomic mass is 32.2. The van der Waals surface area contributed by atoms with Crippen LogP contribution in [0.1, 0.15) is 12.8 Å². The second-order valence-corrected chi connectivity index (χ2v) is 6.03. The van der Waals surface area contributed by atoms with Crippen molar-refractivity contribution in [2.24, 2.45) is 0 Å². The van der Waals surface area contributed by atoms with E-state index >= 15 is 0 Å². The summed E-state index contributed by atoms with van der Waals surface area (Å²) in [5.41, 5.74) is 0. The van der Waals surface area contributed by atoms with Gasteiger partial charge in [-0.15, -0.1) is 11.8 Å². The number of urea groups is 1. The van der Waals surface area contributed by atoms with Crippen molar-refractivity contribution in [3.05, 3.63) is 0 Å². The summed E-state index contributed by atoms with van der Waals surface area (Å²) in [6.45, 7) is 3.04. The van der Waals surface area contributed by atoms with Crippen molar-refractivity contribution in [3.63, 3.8) is 0 Å². The molecule has 1 rings (SSSR count). The van der Waals surface area contributed by atoms with Crippen LogP contribution in [0.5, 0.6) is 0 Å². The van der Waals surface area contributed by atoms with E-state index in [1.807, 2.05) is 0 Å². The van der Waals surface area contributed by atoms with Crippen molar-refractivity contribution >= 4 is 23.7 Å². The molecule has 1 saturated heterocycles. The molecule has 1 fully saturated rings. The lowest BCUT2D eigenvalue weighted by molar-refractivity contribution is -0.118. The topological polar surface area (TPSA) is 73.5 Å². The molecule has 0 aromatic heterocycles. The van der Waals surface area contributed by atoms with Crippen LogP contribution in [0.25, 0.3) is 0 Å². The van der Waals surface area contributed by atoms with Crippen molar-refractivity contribution in [1.29, 1.82) is 0 Å². The number of hydrogen-bond acceptors (Lipinski definition) is 4. The van der Waals surface area contributed by atoms with E-state index in [1.54, 1.807) is 25.9 Å².